The van der Waals surface area contributed by atoms with Crippen molar-refractivity contribution >= 4 is 5.97 Å². The van der Waals surface area contributed by atoms with Crippen molar-refractivity contribution in [2.75, 3.05) is 0 Å². The number of nitrogens with zero attached hydrogens (tertiary/aromatic N) is 5. The molecule has 2 heterocycles. The highest BCUT2D eigenvalue weighted by Crippen LogP contribution is 2.32. The summed E-state index contributed by atoms with van der Waals surface area (Å²) in [4.78, 5) is 15.6. The van der Waals surface area contributed by atoms with Gasteiger partial charge in [-0.2, -0.15) is 0 Å². The lowest BCUT2D eigenvalue weighted by Gasteiger charge is -2.23. The first-order chi connectivity index (χ1) is 9.68. The maximum Gasteiger partial charge on any atom is 0.358 e. The molecule has 0 amide bonds. The molecule has 7 heteroatoms. The van der Waals surface area contributed by atoms with Crippen molar-refractivity contribution in [3.05, 3.63) is 18.1 Å². The van der Waals surface area contributed by atoms with Crippen molar-refractivity contribution < 1.29 is 9.90 Å². The quantitative estimate of drug-likeness (QED) is 0.924. The van der Waals surface area contributed by atoms with Gasteiger partial charge in [0.2, 0.25) is 5.69 Å². The molecule has 0 aliphatic heterocycles. The van der Waals surface area contributed by atoms with Crippen LogP contribution in [0.15, 0.2) is 12.4 Å². The maximum absolute atomic E-state index is 11.4. The van der Waals surface area contributed by atoms with Crippen molar-refractivity contribution in [1.29, 1.82) is 0 Å². The van der Waals surface area contributed by atoms with Gasteiger partial charge in [-0.25, -0.2) is 14.5 Å². The minimum absolute atomic E-state index is 0.0233. The summed E-state index contributed by atoms with van der Waals surface area (Å²) in [7, 11) is 1.84. The minimum Gasteiger partial charge on any atom is -0.476 e. The molecule has 1 fully saturated rings. The highest BCUT2D eigenvalue weighted by Gasteiger charge is 2.28. The Morgan fingerprint density at radius 2 is 2.10 bits per heavy atom. The van der Waals surface area contributed by atoms with E-state index in [1.54, 1.807) is 21.6 Å². The zero-order chi connectivity index (χ0) is 14.1. The molecule has 0 aromatic carbocycles. The van der Waals surface area contributed by atoms with E-state index in [0.29, 0.717) is 11.5 Å². The predicted molar refractivity (Wildman–Crippen MR) is 71.3 cm³/mol. The summed E-state index contributed by atoms with van der Waals surface area (Å²) >= 11 is 0. The second-order valence-electron chi connectivity index (χ2n) is 5.19. The molecule has 2 aromatic rings. The summed E-state index contributed by atoms with van der Waals surface area (Å²) in [5.41, 5.74) is 0.488. The topological polar surface area (TPSA) is 85.8 Å². The van der Waals surface area contributed by atoms with Crippen molar-refractivity contribution in [1.82, 2.24) is 24.5 Å². The molecule has 0 unspecified atom stereocenters. The van der Waals surface area contributed by atoms with E-state index in [0.717, 1.165) is 25.7 Å². The third kappa shape index (κ3) is 2.09. The summed E-state index contributed by atoms with van der Waals surface area (Å²) in [6, 6.07) is 0.219. The van der Waals surface area contributed by atoms with Crippen molar-refractivity contribution in [2.24, 2.45) is 7.05 Å². The van der Waals surface area contributed by atoms with Crippen LogP contribution in [0, 0.1) is 0 Å². The van der Waals surface area contributed by atoms with Crippen molar-refractivity contribution in [2.45, 2.75) is 38.1 Å². The van der Waals surface area contributed by atoms with Gasteiger partial charge in [0.1, 0.15) is 5.69 Å². The summed E-state index contributed by atoms with van der Waals surface area (Å²) in [6.45, 7) is 0. The van der Waals surface area contributed by atoms with Gasteiger partial charge in [0, 0.05) is 19.4 Å². The highest BCUT2D eigenvalue weighted by atomic mass is 16.4. The normalized spacial score (nSPS) is 16.4. The number of rotatable bonds is 3. The summed E-state index contributed by atoms with van der Waals surface area (Å²) < 4.78 is 3.55. The summed E-state index contributed by atoms with van der Waals surface area (Å²) in [5.74, 6) is -0.469. The number of aromatic carboxylic acids is 1. The molecular formula is C13H17N5O2. The zero-order valence-corrected chi connectivity index (χ0v) is 11.4. The first-order valence-electron chi connectivity index (χ1n) is 6.84. The van der Waals surface area contributed by atoms with E-state index in [1.807, 2.05) is 7.05 Å². The first-order valence-corrected chi connectivity index (χ1v) is 6.84. The van der Waals surface area contributed by atoms with E-state index in [2.05, 4.69) is 15.3 Å². The van der Waals surface area contributed by atoms with Gasteiger partial charge in [-0.1, -0.05) is 24.5 Å². The van der Waals surface area contributed by atoms with Crippen LogP contribution in [0.1, 0.15) is 48.6 Å². The SMILES string of the molecule is Cn1ccnc1-c1c(C(=O)O)nnn1C1CCCCC1. The van der Waals surface area contributed by atoms with Crippen LogP contribution in [0.2, 0.25) is 0 Å². The number of aryl methyl sites for hydroxylation is 1. The number of carboxylic acids is 1. The molecule has 2 aromatic heterocycles. The Kier molecular flexibility index (Phi) is 3.25. The van der Waals surface area contributed by atoms with Crippen LogP contribution < -0.4 is 0 Å². The van der Waals surface area contributed by atoms with E-state index in [4.69, 9.17) is 0 Å². The number of hydrogen-bond acceptors (Lipinski definition) is 4. The molecule has 0 atom stereocenters. The zero-order valence-electron chi connectivity index (χ0n) is 11.4. The Hall–Kier alpha value is -2.18. The molecule has 1 N–H and O–H groups in total. The van der Waals surface area contributed by atoms with Crippen LogP contribution in [0.3, 0.4) is 0 Å². The Balaban J connectivity index is 2.11. The van der Waals surface area contributed by atoms with Crippen LogP contribution in [0.25, 0.3) is 11.5 Å². The fourth-order valence-corrected chi connectivity index (χ4v) is 2.82. The van der Waals surface area contributed by atoms with Crippen LogP contribution in [-0.2, 0) is 7.05 Å². The maximum atomic E-state index is 11.4. The second kappa shape index (κ2) is 5.07. The lowest BCUT2D eigenvalue weighted by molar-refractivity contribution is 0.0691. The van der Waals surface area contributed by atoms with Gasteiger partial charge in [-0.15, -0.1) is 5.10 Å². The van der Waals surface area contributed by atoms with Crippen LogP contribution in [0.5, 0.6) is 0 Å². The van der Waals surface area contributed by atoms with Crippen LogP contribution in [-0.4, -0.2) is 35.6 Å². The van der Waals surface area contributed by atoms with Crippen molar-refractivity contribution in [3.63, 3.8) is 0 Å². The molecule has 1 aliphatic carbocycles. The fraction of sp³-hybridized carbons (Fsp3) is 0.538. The number of imidazole rings is 1. The summed E-state index contributed by atoms with van der Waals surface area (Å²) in [5, 5.41) is 17.3. The molecular weight excluding hydrogens is 258 g/mol. The van der Waals surface area contributed by atoms with Gasteiger partial charge in [-0.05, 0) is 12.8 Å². The number of aromatic nitrogens is 5. The first kappa shape index (κ1) is 12.8. The monoisotopic (exact) mass is 275 g/mol. The molecule has 0 spiro atoms. The lowest BCUT2D eigenvalue weighted by Crippen LogP contribution is -2.17. The molecule has 0 radical (unpaired) electrons. The average molecular weight is 275 g/mol. The molecule has 7 nitrogen and oxygen atoms in total. The molecule has 20 heavy (non-hydrogen) atoms. The molecule has 3 rings (SSSR count). The molecule has 0 bridgehead atoms. The minimum atomic E-state index is -1.06. The number of carboxylic acid groups (broad SMARTS) is 1. The fourth-order valence-electron chi connectivity index (χ4n) is 2.82. The second-order valence-corrected chi connectivity index (χ2v) is 5.19. The Labute approximate surface area is 116 Å². The van der Waals surface area contributed by atoms with Gasteiger partial charge in [0.15, 0.2) is 5.82 Å². The Morgan fingerprint density at radius 1 is 1.35 bits per heavy atom. The number of carbonyl (C=O) groups is 1. The lowest BCUT2D eigenvalue weighted by atomic mass is 9.95. The largest absolute Gasteiger partial charge is 0.476 e. The van der Waals surface area contributed by atoms with Crippen LogP contribution >= 0.6 is 0 Å². The van der Waals surface area contributed by atoms with E-state index in [1.165, 1.54) is 6.42 Å². The average Bonchev–Trinajstić information content (AvgIpc) is 3.05. The molecule has 106 valence electrons. The summed E-state index contributed by atoms with van der Waals surface area (Å²) in [6.07, 6.45) is 8.99. The van der Waals surface area contributed by atoms with Gasteiger partial charge in [0.05, 0.1) is 6.04 Å². The van der Waals surface area contributed by atoms with E-state index in [-0.39, 0.29) is 11.7 Å². The third-order valence-electron chi connectivity index (χ3n) is 3.85. The third-order valence-corrected chi connectivity index (χ3v) is 3.85. The van der Waals surface area contributed by atoms with Gasteiger partial charge < -0.3 is 9.67 Å². The van der Waals surface area contributed by atoms with Gasteiger partial charge in [0.25, 0.3) is 0 Å². The highest BCUT2D eigenvalue weighted by molar-refractivity contribution is 5.91. The molecule has 1 aliphatic rings. The Bertz CT molecular complexity index is 624. The Morgan fingerprint density at radius 3 is 2.70 bits per heavy atom. The van der Waals surface area contributed by atoms with Gasteiger partial charge >= 0.3 is 5.97 Å². The molecule has 1 saturated carbocycles. The molecule has 0 saturated heterocycles. The number of hydrogen-bond donors (Lipinski definition) is 1. The van der Waals surface area contributed by atoms with Crippen LogP contribution in [0.4, 0.5) is 0 Å². The standard InChI is InChI=1S/C13H17N5O2/c1-17-8-7-14-12(17)11-10(13(19)20)15-16-18(11)9-5-3-2-4-6-9/h7-9H,2-6H2,1H3,(H,19,20). The predicted octanol–water partition coefficient (Wildman–Crippen LogP) is 1.88. The smallest absolute Gasteiger partial charge is 0.358 e. The van der Waals surface area contributed by atoms with Crippen molar-refractivity contribution in [3.8, 4) is 11.5 Å². The van der Waals surface area contributed by atoms with Gasteiger partial charge in [-0.3, -0.25) is 0 Å². The van der Waals surface area contributed by atoms with E-state index >= 15 is 0 Å². The van der Waals surface area contributed by atoms with E-state index < -0.39 is 5.97 Å². The van der Waals surface area contributed by atoms with E-state index in [9.17, 15) is 9.90 Å².